The standard InChI is InChI=1S/C9H8ClN3O2S/c10-7-1-3-8(4-2-7)13-16(14,15)9-5-11-6-12-9/h1-6,13H,(H,11,12). The predicted molar refractivity (Wildman–Crippen MR) is 60.8 cm³/mol. The molecule has 0 aliphatic rings. The van der Waals surface area contributed by atoms with Crippen LogP contribution < -0.4 is 4.72 Å². The van der Waals surface area contributed by atoms with Gasteiger partial charge in [-0.25, -0.2) is 4.98 Å². The average molecular weight is 258 g/mol. The maximum absolute atomic E-state index is 11.7. The smallest absolute Gasteiger partial charge is 0.278 e. The summed E-state index contributed by atoms with van der Waals surface area (Å²) in [5.41, 5.74) is 0.444. The first-order valence-electron chi connectivity index (χ1n) is 4.35. The van der Waals surface area contributed by atoms with E-state index in [0.717, 1.165) is 0 Å². The van der Waals surface area contributed by atoms with Crippen molar-refractivity contribution in [2.75, 3.05) is 4.72 Å². The molecule has 2 aromatic rings. The number of aromatic amines is 1. The molecule has 0 fully saturated rings. The van der Waals surface area contributed by atoms with Crippen molar-refractivity contribution < 1.29 is 8.42 Å². The molecular formula is C9H8ClN3O2S. The van der Waals surface area contributed by atoms with E-state index in [2.05, 4.69) is 14.7 Å². The Morgan fingerprint density at radius 2 is 1.94 bits per heavy atom. The summed E-state index contributed by atoms with van der Waals surface area (Å²) in [6, 6.07) is 6.37. The third kappa shape index (κ3) is 2.34. The Balaban J connectivity index is 2.25. The molecule has 0 bridgehead atoms. The van der Waals surface area contributed by atoms with Crippen LogP contribution in [-0.2, 0) is 10.0 Å². The van der Waals surface area contributed by atoms with Gasteiger partial charge in [0, 0.05) is 10.7 Å². The van der Waals surface area contributed by atoms with Crippen molar-refractivity contribution in [2.45, 2.75) is 5.03 Å². The van der Waals surface area contributed by atoms with Gasteiger partial charge < -0.3 is 4.98 Å². The molecule has 0 amide bonds. The lowest BCUT2D eigenvalue weighted by Crippen LogP contribution is -2.13. The van der Waals surface area contributed by atoms with Crippen LogP contribution in [0.2, 0.25) is 5.02 Å². The first kappa shape index (κ1) is 11.0. The fourth-order valence-corrected chi connectivity index (χ4v) is 2.21. The second-order valence-electron chi connectivity index (χ2n) is 3.03. The van der Waals surface area contributed by atoms with Gasteiger partial charge in [0.1, 0.15) is 0 Å². The summed E-state index contributed by atoms with van der Waals surface area (Å²) in [5.74, 6) is 0. The van der Waals surface area contributed by atoms with E-state index < -0.39 is 10.0 Å². The Labute approximate surface area is 97.5 Å². The van der Waals surface area contributed by atoms with Gasteiger partial charge in [0.2, 0.25) is 0 Å². The molecule has 0 saturated carbocycles. The number of nitrogens with zero attached hydrogens (tertiary/aromatic N) is 1. The second kappa shape index (κ2) is 4.15. The molecule has 0 atom stereocenters. The van der Waals surface area contributed by atoms with E-state index in [9.17, 15) is 8.42 Å². The van der Waals surface area contributed by atoms with Gasteiger partial charge in [-0.15, -0.1) is 0 Å². The summed E-state index contributed by atoms with van der Waals surface area (Å²) >= 11 is 5.69. The summed E-state index contributed by atoms with van der Waals surface area (Å²) in [5, 5.41) is 0.562. The maximum atomic E-state index is 11.7. The minimum atomic E-state index is -3.59. The number of aromatic nitrogens is 2. The van der Waals surface area contributed by atoms with E-state index in [4.69, 9.17) is 11.6 Å². The molecule has 1 heterocycles. The van der Waals surface area contributed by atoms with Crippen LogP contribution in [0.15, 0.2) is 41.8 Å². The van der Waals surface area contributed by atoms with Crippen molar-refractivity contribution in [1.82, 2.24) is 9.97 Å². The van der Waals surface area contributed by atoms with Crippen LogP contribution in [-0.4, -0.2) is 18.4 Å². The molecule has 0 aliphatic carbocycles. The van der Waals surface area contributed by atoms with Crippen molar-refractivity contribution >= 4 is 27.3 Å². The number of imidazole rings is 1. The van der Waals surface area contributed by atoms with Crippen LogP contribution >= 0.6 is 11.6 Å². The number of halogens is 1. The van der Waals surface area contributed by atoms with Crippen molar-refractivity contribution in [3.8, 4) is 0 Å². The van der Waals surface area contributed by atoms with Crippen molar-refractivity contribution in [2.24, 2.45) is 0 Å². The van der Waals surface area contributed by atoms with Crippen LogP contribution in [0.5, 0.6) is 0 Å². The van der Waals surface area contributed by atoms with Crippen molar-refractivity contribution in [1.29, 1.82) is 0 Å². The Morgan fingerprint density at radius 1 is 1.25 bits per heavy atom. The highest BCUT2D eigenvalue weighted by Crippen LogP contribution is 2.16. The molecular weight excluding hydrogens is 250 g/mol. The van der Waals surface area contributed by atoms with Gasteiger partial charge in [0.15, 0.2) is 5.03 Å². The SMILES string of the molecule is O=S(=O)(Nc1ccc(Cl)cc1)c1cnc[nH]1. The summed E-state index contributed by atoms with van der Waals surface area (Å²) in [6.45, 7) is 0. The molecule has 1 aromatic heterocycles. The zero-order valence-electron chi connectivity index (χ0n) is 8.01. The third-order valence-electron chi connectivity index (χ3n) is 1.86. The molecule has 16 heavy (non-hydrogen) atoms. The molecule has 2 N–H and O–H groups in total. The average Bonchev–Trinajstić information content (AvgIpc) is 2.75. The minimum absolute atomic E-state index is 0.0162. The molecule has 7 heteroatoms. The fourth-order valence-electron chi connectivity index (χ4n) is 1.12. The van der Waals surface area contributed by atoms with Crippen LogP contribution in [0.1, 0.15) is 0 Å². The Kier molecular flexibility index (Phi) is 2.84. The van der Waals surface area contributed by atoms with Gasteiger partial charge in [0.25, 0.3) is 10.0 Å². The number of anilines is 1. The number of benzene rings is 1. The van der Waals surface area contributed by atoms with Crippen LogP contribution in [0.25, 0.3) is 0 Å². The van der Waals surface area contributed by atoms with E-state index in [-0.39, 0.29) is 5.03 Å². The summed E-state index contributed by atoms with van der Waals surface area (Å²) in [6.07, 6.45) is 2.54. The molecule has 0 radical (unpaired) electrons. The number of nitrogens with one attached hydrogen (secondary N) is 2. The maximum Gasteiger partial charge on any atom is 0.278 e. The molecule has 5 nitrogen and oxygen atoms in total. The van der Waals surface area contributed by atoms with E-state index in [1.807, 2.05) is 0 Å². The van der Waals surface area contributed by atoms with Crippen molar-refractivity contribution in [3.63, 3.8) is 0 Å². The predicted octanol–water partition coefficient (Wildman–Crippen LogP) is 1.86. The van der Waals surface area contributed by atoms with Crippen LogP contribution in [0, 0.1) is 0 Å². The molecule has 0 aliphatic heterocycles. The summed E-state index contributed by atoms with van der Waals surface area (Å²) < 4.78 is 25.9. The normalized spacial score (nSPS) is 11.3. The summed E-state index contributed by atoms with van der Waals surface area (Å²) in [7, 11) is -3.59. The Morgan fingerprint density at radius 3 is 2.50 bits per heavy atom. The number of rotatable bonds is 3. The second-order valence-corrected chi connectivity index (χ2v) is 5.12. The molecule has 0 unspecified atom stereocenters. The highest BCUT2D eigenvalue weighted by molar-refractivity contribution is 7.92. The molecule has 0 saturated heterocycles. The van der Waals surface area contributed by atoms with E-state index >= 15 is 0 Å². The van der Waals surface area contributed by atoms with Gasteiger partial charge in [0.05, 0.1) is 12.5 Å². The number of sulfonamides is 1. The quantitative estimate of drug-likeness (QED) is 0.881. The monoisotopic (exact) mass is 257 g/mol. The van der Waals surface area contributed by atoms with Gasteiger partial charge in [-0.2, -0.15) is 8.42 Å². The number of hydrogen-bond acceptors (Lipinski definition) is 3. The van der Waals surface area contributed by atoms with E-state index in [1.165, 1.54) is 12.5 Å². The Hall–Kier alpha value is -1.53. The third-order valence-corrected chi connectivity index (χ3v) is 3.42. The number of H-pyrrole nitrogens is 1. The first-order chi connectivity index (χ1) is 7.58. The zero-order valence-corrected chi connectivity index (χ0v) is 9.59. The van der Waals surface area contributed by atoms with Gasteiger partial charge in [-0.1, -0.05) is 11.6 Å². The van der Waals surface area contributed by atoms with Crippen LogP contribution in [0.3, 0.4) is 0 Å². The highest BCUT2D eigenvalue weighted by atomic mass is 35.5. The molecule has 0 spiro atoms. The van der Waals surface area contributed by atoms with Crippen LogP contribution in [0.4, 0.5) is 5.69 Å². The highest BCUT2D eigenvalue weighted by Gasteiger charge is 2.14. The lowest BCUT2D eigenvalue weighted by atomic mass is 10.3. The van der Waals surface area contributed by atoms with E-state index in [1.54, 1.807) is 24.3 Å². The first-order valence-corrected chi connectivity index (χ1v) is 6.21. The van der Waals surface area contributed by atoms with E-state index in [0.29, 0.717) is 10.7 Å². The van der Waals surface area contributed by atoms with Crippen molar-refractivity contribution in [3.05, 3.63) is 41.8 Å². The lowest BCUT2D eigenvalue weighted by molar-refractivity contribution is 0.598. The largest absolute Gasteiger partial charge is 0.334 e. The topological polar surface area (TPSA) is 74.8 Å². The summed E-state index contributed by atoms with van der Waals surface area (Å²) in [4.78, 5) is 6.17. The molecule has 84 valence electrons. The zero-order chi connectivity index (χ0) is 11.6. The minimum Gasteiger partial charge on any atom is -0.334 e. The molecule has 2 rings (SSSR count). The van der Waals surface area contributed by atoms with Gasteiger partial charge >= 0.3 is 0 Å². The van der Waals surface area contributed by atoms with Gasteiger partial charge in [-0.3, -0.25) is 4.72 Å². The fraction of sp³-hybridized carbons (Fsp3) is 0. The Bertz CT molecular complexity index is 563. The lowest BCUT2D eigenvalue weighted by Gasteiger charge is -2.05. The molecule has 1 aromatic carbocycles. The van der Waals surface area contributed by atoms with Gasteiger partial charge in [-0.05, 0) is 24.3 Å². The number of hydrogen-bond donors (Lipinski definition) is 2.